The van der Waals surface area contributed by atoms with Gasteiger partial charge in [-0.25, -0.2) is 8.42 Å². The predicted octanol–water partition coefficient (Wildman–Crippen LogP) is 1.62. The van der Waals surface area contributed by atoms with E-state index < -0.39 is 9.84 Å². The fourth-order valence-corrected chi connectivity index (χ4v) is 3.29. The quantitative estimate of drug-likeness (QED) is 0.748. The molecule has 0 radical (unpaired) electrons. The molecule has 1 aromatic rings. The summed E-state index contributed by atoms with van der Waals surface area (Å²) in [6, 6.07) is 5.90. The first-order valence-electron chi connectivity index (χ1n) is 5.63. The van der Waals surface area contributed by atoms with Crippen LogP contribution in [0.3, 0.4) is 0 Å². The maximum Gasteiger partial charge on any atom is 0.231 e. The molecule has 1 aliphatic heterocycles. The number of hydrogen-bond donors (Lipinski definition) is 0. The van der Waals surface area contributed by atoms with E-state index in [9.17, 15) is 13.2 Å². The molecular weight excluding hydrogens is 365 g/mol. The maximum absolute atomic E-state index is 11.9. The molecular formula is C12H14INO3S. The molecule has 0 bridgehead atoms. The van der Waals surface area contributed by atoms with Crippen LogP contribution in [0, 0.1) is 3.57 Å². The molecule has 1 amide bonds. The minimum Gasteiger partial charge on any atom is -0.312 e. The van der Waals surface area contributed by atoms with Crippen LogP contribution in [-0.4, -0.2) is 32.9 Å². The van der Waals surface area contributed by atoms with E-state index in [-0.39, 0.29) is 11.7 Å². The van der Waals surface area contributed by atoms with E-state index in [1.807, 2.05) is 18.2 Å². The molecule has 98 valence electrons. The van der Waals surface area contributed by atoms with Crippen molar-refractivity contribution in [1.82, 2.24) is 0 Å². The van der Waals surface area contributed by atoms with Gasteiger partial charge in [0.1, 0.15) is 9.84 Å². The second kappa shape index (κ2) is 5.16. The normalized spacial score (nSPS) is 15.0. The summed E-state index contributed by atoms with van der Waals surface area (Å²) < 4.78 is 23.3. The van der Waals surface area contributed by atoms with Crippen molar-refractivity contribution in [1.29, 1.82) is 0 Å². The Morgan fingerprint density at radius 3 is 2.78 bits per heavy atom. The monoisotopic (exact) mass is 379 g/mol. The summed E-state index contributed by atoms with van der Waals surface area (Å²) in [5.41, 5.74) is 1.96. The fourth-order valence-electron chi connectivity index (χ4n) is 2.08. The van der Waals surface area contributed by atoms with Gasteiger partial charge in [-0.3, -0.25) is 4.79 Å². The van der Waals surface area contributed by atoms with Crippen molar-refractivity contribution in [2.24, 2.45) is 0 Å². The largest absolute Gasteiger partial charge is 0.312 e. The van der Waals surface area contributed by atoms with Gasteiger partial charge < -0.3 is 4.90 Å². The van der Waals surface area contributed by atoms with Crippen molar-refractivity contribution in [3.63, 3.8) is 0 Å². The molecule has 0 aromatic heterocycles. The van der Waals surface area contributed by atoms with Crippen LogP contribution >= 0.6 is 22.6 Å². The average molecular weight is 379 g/mol. The number of rotatable bonds is 4. The molecule has 2 rings (SSSR count). The Balaban J connectivity index is 2.09. The van der Waals surface area contributed by atoms with Gasteiger partial charge in [-0.05, 0) is 52.8 Å². The summed E-state index contributed by atoms with van der Waals surface area (Å²) >= 11 is 2.22. The Labute approximate surface area is 120 Å². The average Bonchev–Trinajstić information content (AvgIpc) is 2.52. The summed E-state index contributed by atoms with van der Waals surface area (Å²) in [4.78, 5) is 13.6. The Bertz CT molecular complexity index is 583. The van der Waals surface area contributed by atoms with Crippen LogP contribution in [0.25, 0.3) is 0 Å². The maximum atomic E-state index is 11.9. The molecule has 4 nitrogen and oxygen atoms in total. The molecule has 1 aromatic carbocycles. The van der Waals surface area contributed by atoms with Gasteiger partial charge in [-0.1, -0.05) is 0 Å². The van der Waals surface area contributed by atoms with Gasteiger partial charge in [0.15, 0.2) is 0 Å². The number of anilines is 1. The van der Waals surface area contributed by atoms with Gasteiger partial charge in [0.05, 0.1) is 12.2 Å². The van der Waals surface area contributed by atoms with E-state index in [0.717, 1.165) is 14.8 Å². The van der Waals surface area contributed by atoms with Gasteiger partial charge in [-0.15, -0.1) is 0 Å². The van der Waals surface area contributed by atoms with E-state index >= 15 is 0 Å². The van der Waals surface area contributed by atoms with E-state index in [0.29, 0.717) is 19.4 Å². The van der Waals surface area contributed by atoms with Crippen LogP contribution in [0.4, 0.5) is 5.69 Å². The number of benzene rings is 1. The molecule has 18 heavy (non-hydrogen) atoms. The molecule has 0 atom stereocenters. The number of amides is 1. The lowest BCUT2D eigenvalue weighted by molar-refractivity contribution is -0.117. The third-order valence-electron chi connectivity index (χ3n) is 2.87. The molecule has 1 aliphatic rings. The van der Waals surface area contributed by atoms with Crippen LogP contribution in [0.1, 0.15) is 12.0 Å². The SMILES string of the molecule is CS(=O)(=O)CCCN1C(=O)Cc2cc(I)ccc21. The molecule has 1 heterocycles. The number of fused-ring (bicyclic) bond motifs is 1. The summed E-state index contributed by atoms with van der Waals surface area (Å²) in [5.74, 6) is 0.178. The van der Waals surface area contributed by atoms with Crippen LogP contribution in [0.15, 0.2) is 18.2 Å². The zero-order valence-corrected chi connectivity index (χ0v) is 13.0. The number of carbonyl (C=O) groups is 1. The van der Waals surface area contributed by atoms with Gasteiger partial charge in [0.2, 0.25) is 5.91 Å². The standard InChI is InChI=1S/C12H14INO3S/c1-18(16,17)6-2-5-14-11-4-3-10(13)7-9(11)8-12(14)15/h3-4,7H,2,5-6,8H2,1H3. The van der Waals surface area contributed by atoms with Gasteiger partial charge in [-0.2, -0.15) is 0 Å². The topological polar surface area (TPSA) is 54.5 Å². The highest BCUT2D eigenvalue weighted by molar-refractivity contribution is 14.1. The highest BCUT2D eigenvalue weighted by Crippen LogP contribution is 2.30. The first-order chi connectivity index (χ1) is 8.37. The van der Waals surface area contributed by atoms with Gasteiger partial charge in [0.25, 0.3) is 0 Å². The number of halogens is 1. The van der Waals surface area contributed by atoms with E-state index in [1.54, 1.807) is 4.90 Å². The number of sulfone groups is 1. The molecule has 0 saturated heterocycles. The van der Waals surface area contributed by atoms with E-state index in [2.05, 4.69) is 22.6 Å². The summed E-state index contributed by atoms with van der Waals surface area (Å²) in [7, 11) is -2.96. The van der Waals surface area contributed by atoms with Crippen molar-refractivity contribution in [3.05, 3.63) is 27.3 Å². The van der Waals surface area contributed by atoms with Gasteiger partial charge in [0, 0.05) is 22.1 Å². The lowest BCUT2D eigenvalue weighted by Gasteiger charge is -2.17. The van der Waals surface area contributed by atoms with Crippen molar-refractivity contribution in [2.45, 2.75) is 12.8 Å². The fraction of sp³-hybridized carbons (Fsp3) is 0.417. The molecule has 0 unspecified atom stereocenters. The van der Waals surface area contributed by atoms with Crippen LogP contribution in [0.2, 0.25) is 0 Å². The van der Waals surface area contributed by atoms with Crippen LogP contribution in [-0.2, 0) is 21.1 Å². The number of hydrogen-bond acceptors (Lipinski definition) is 3. The Morgan fingerprint density at radius 2 is 2.11 bits per heavy atom. The Hall–Kier alpha value is -0.630. The molecule has 0 N–H and O–H groups in total. The molecule has 6 heteroatoms. The Kier molecular flexibility index (Phi) is 3.96. The zero-order chi connectivity index (χ0) is 13.3. The third kappa shape index (κ3) is 3.23. The summed E-state index contributed by atoms with van der Waals surface area (Å²) in [5, 5.41) is 0. The lowest BCUT2D eigenvalue weighted by Crippen LogP contribution is -2.28. The molecule has 0 spiro atoms. The second-order valence-electron chi connectivity index (χ2n) is 4.48. The third-order valence-corrected chi connectivity index (χ3v) is 4.57. The lowest BCUT2D eigenvalue weighted by atomic mass is 10.2. The van der Waals surface area contributed by atoms with Crippen molar-refractivity contribution in [2.75, 3.05) is 23.5 Å². The van der Waals surface area contributed by atoms with E-state index in [4.69, 9.17) is 0 Å². The Morgan fingerprint density at radius 1 is 1.39 bits per heavy atom. The first kappa shape index (κ1) is 13.8. The smallest absolute Gasteiger partial charge is 0.231 e. The number of nitrogens with zero attached hydrogens (tertiary/aromatic N) is 1. The minimum absolute atomic E-state index is 0.0560. The molecule has 0 fully saturated rings. The van der Waals surface area contributed by atoms with Crippen molar-refractivity contribution < 1.29 is 13.2 Å². The zero-order valence-electron chi connectivity index (χ0n) is 10.0. The van der Waals surface area contributed by atoms with E-state index in [1.165, 1.54) is 6.26 Å². The summed E-state index contributed by atoms with van der Waals surface area (Å²) in [6.07, 6.45) is 2.12. The van der Waals surface area contributed by atoms with Gasteiger partial charge >= 0.3 is 0 Å². The molecule has 0 aliphatic carbocycles. The molecule has 0 saturated carbocycles. The first-order valence-corrected chi connectivity index (χ1v) is 8.77. The minimum atomic E-state index is -2.96. The van der Waals surface area contributed by atoms with Crippen molar-refractivity contribution >= 4 is 44.0 Å². The van der Waals surface area contributed by atoms with Crippen LogP contribution < -0.4 is 4.90 Å². The van der Waals surface area contributed by atoms with Crippen LogP contribution in [0.5, 0.6) is 0 Å². The predicted molar refractivity (Wildman–Crippen MR) is 79.5 cm³/mol. The summed E-state index contributed by atoms with van der Waals surface area (Å²) in [6.45, 7) is 0.472. The highest BCUT2D eigenvalue weighted by Gasteiger charge is 2.26. The van der Waals surface area contributed by atoms with Crippen molar-refractivity contribution in [3.8, 4) is 0 Å². The highest BCUT2D eigenvalue weighted by atomic mass is 127. The second-order valence-corrected chi connectivity index (χ2v) is 7.98. The number of carbonyl (C=O) groups excluding carboxylic acids is 1.